The molecule has 1 aliphatic rings. The van der Waals surface area contributed by atoms with Crippen molar-refractivity contribution < 1.29 is 4.39 Å². The van der Waals surface area contributed by atoms with E-state index < -0.39 is 0 Å². The summed E-state index contributed by atoms with van der Waals surface area (Å²) in [7, 11) is 0. The predicted octanol–water partition coefficient (Wildman–Crippen LogP) is 3.65. The zero-order valence-corrected chi connectivity index (χ0v) is 16.1. The van der Waals surface area contributed by atoms with Gasteiger partial charge in [-0.25, -0.2) is 9.37 Å². The number of nitrogens with zero attached hydrogens (tertiary/aromatic N) is 3. The molecule has 1 aliphatic heterocycles. The summed E-state index contributed by atoms with van der Waals surface area (Å²) < 4.78 is 13.4. The van der Waals surface area contributed by atoms with Gasteiger partial charge in [0.2, 0.25) is 0 Å². The van der Waals surface area contributed by atoms with Gasteiger partial charge >= 0.3 is 0 Å². The van der Waals surface area contributed by atoms with E-state index in [1.54, 1.807) is 6.07 Å². The number of aromatic amines is 1. The standard InChI is InChI=1S/C22H23FN4O/c1-14(2)21-25-20-8-9-27(13-18(20)22(28)26-21)12-15-6-7-19(24-11-15)16-4-3-5-17(23)10-16/h3-7,10-11,14H,8-9,12-13H2,1-2H3,(H,25,26,28). The molecule has 3 aromatic rings. The first-order chi connectivity index (χ1) is 13.5. The monoisotopic (exact) mass is 378 g/mol. The van der Waals surface area contributed by atoms with E-state index in [2.05, 4.69) is 19.9 Å². The van der Waals surface area contributed by atoms with E-state index in [0.29, 0.717) is 13.1 Å². The second-order valence-corrected chi connectivity index (χ2v) is 7.55. The highest BCUT2D eigenvalue weighted by molar-refractivity contribution is 5.58. The molecule has 6 heteroatoms. The zero-order chi connectivity index (χ0) is 19.7. The highest BCUT2D eigenvalue weighted by Gasteiger charge is 2.21. The van der Waals surface area contributed by atoms with Gasteiger partial charge in [-0.1, -0.05) is 32.0 Å². The maximum absolute atomic E-state index is 13.4. The molecule has 28 heavy (non-hydrogen) atoms. The molecule has 0 aliphatic carbocycles. The van der Waals surface area contributed by atoms with Gasteiger partial charge in [0.15, 0.2) is 0 Å². The van der Waals surface area contributed by atoms with Crippen molar-refractivity contribution in [2.75, 3.05) is 6.54 Å². The molecule has 3 heterocycles. The molecule has 1 aromatic carbocycles. The van der Waals surface area contributed by atoms with Crippen LogP contribution in [-0.2, 0) is 19.5 Å². The van der Waals surface area contributed by atoms with E-state index in [-0.39, 0.29) is 17.3 Å². The number of halogens is 1. The molecular weight excluding hydrogens is 355 g/mol. The van der Waals surface area contributed by atoms with Crippen molar-refractivity contribution in [1.29, 1.82) is 0 Å². The highest BCUT2D eigenvalue weighted by atomic mass is 19.1. The average molecular weight is 378 g/mol. The first-order valence-electron chi connectivity index (χ1n) is 9.55. The van der Waals surface area contributed by atoms with Gasteiger partial charge in [0.25, 0.3) is 5.56 Å². The number of rotatable bonds is 4. The van der Waals surface area contributed by atoms with E-state index in [4.69, 9.17) is 0 Å². The Hall–Kier alpha value is -2.86. The number of H-pyrrole nitrogens is 1. The Morgan fingerprint density at radius 2 is 2.11 bits per heavy atom. The quantitative estimate of drug-likeness (QED) is 0.753. The fourth-order valence-electron chi connectivity index (χ4n) is 3.50. The Bertz CT molecular complexity index is 1040. The molecule has 0 amide bonds. The summed E-state index contributed by atoms with van der Waals surface area (Å²) in [5.74, 6) is 0.697. The van der Waals surface area contributed by atoms with Crippen LogP contribution in [0.25, 0.3) is 11.3 Å². The molecule has 0 fully saturated rings. The van der Waals surface area contributed by atoms with Crippen LogP contribution in [0.2, 0.25) is 0 Å². The van der Waals surface area contributed by atoms with E-state index >= 15 is 0 Å². The second kappa shape index (κ2) is 7.64. The maximum atomic E-state index is 13.4. The fraction of sp³-hybridized carbons (Fsp3) is 0.318. The van der Waals surface area contributed by atoms with Crippen molar-refractivity contribution >= 4 is 0 Å². The molecule has 0 spiro atoms. The Morgan fingerprint density at radius 1 is 1.25 bits per heavy atom. The Kier molecular flexibility index (Phi) is 5.05. The van der Waals surface area contributed by atoms with Crippen molar-refractivity contribution in [3.8, 4) is 11.3 Å². The third-order valence-corrected chi connectivity index (χ3v) is 5.06. The number of hydrogen-bond donors (Lipinski definition) is 1. The van der Waals surface area contributed by atoms with Crippen molar-refractivity contribution in [2.24, 2.45) is 0 Å². The predicted molar refractivity (Wildman–Crippen MR) is 106 cm³/mol. The highest BCUT2D eigenvalue weighted by Crippen LogP contribution is 2.21. The number of benzene rings is 1. The van der Waals surface area contributed by atoms with Crippen molar-refractivity contribution in [2.45, 2.75) is 39.3 Å². The van der Waals surface area contributed by atoms with Gasteiger partial charge < -0.3 is 4.98 Å². The van der Waals surface area contributed by atoms with E-state index in [1.165, 1.54) is 12.1 Å². The molecule has 0 unspecified atom stereocenters. The van der Waals surface area contributed by atoms with Gasteiger partial charge in [-0.05, 0) is 23.8 Å². The van der Waals surface area contributed by atoms with Crippen LogP contribution >= 0.6 is 0 Å². The molecule has 0 radical (unpaired) electrons. The lowest BCUT2D eigenvalue weighted by Gasteiger charge is -2.28. The largest absolute Gasteiger partial charge is 0.310 e. The smallest absolute Gasteiger partial charge is 0.255 e. The lowest BCUT2D eigenvalue weighted by Crippen LogP contribution is -2.36. The van der Waals surface area contributed by atoms with Crippen LogP contribution in [0.3, 0.4) is 0 Å². The van der Waals surface area contributed by atoms with Gasteiger partial charge in [0.05, 0.1) is 17.0 Å². The van der Waals surface area contributed by atoms with Gasteiger partial charge in [-0.15, -0.1) is 0 Å². The Morgan fingerprint density at radius 3 is 2.82 bits per heavy atom. The lowest BCUT2D eigenvalue weighted by atomic mass is 10.0. The van der Waals surface area contributed by atoms with Crippen LogP contribution in [0.15, 0.2) is 47.4 Å². The summed E-state index contributed by atoms with van der Waals surface area (Å²) in [6.07, 6.45) is 2.59. The molecule has 144 valence electrons. The molecule has 0 bridgehead atoms. The van der Waals surface area contributed by atoms with Gasteiger partial charge in [-0.2, -0.15) is 0 Å². The third-order valence-electron chi connectivity index (χ3n) is 5.06. The molecule has 0 saturated heterocycles. The van der Waals surface area contributed by atoms with Crippen LogP contribution in [0.1, 0.15) is 42.4 Å². The molecule has 0 saturated carbocycles. The molecule has 0 atom stereocenters. The molecule has 5 nitrogen and oxygen atoms in total. The van der Waals surface area contributed by atoms with E-state index in [9.17, 15) is 9.18 Å². The van der Waals surface area contributed by atoms with Crippen molar-refractivity contribution in [1.82, 2.24) is 19.9 Å². The summed E-state index contributed by atoms with van der Waals surface area (Å²) in [4.78, 5) is 26.7. The van der Waals surface area contributed by atoms with Crippen LogP contribution < -0.4 is 5.56 Å². The summed E-state index contributed by atoms with van der Waals surface area (Å²) in [6.45, 7) is 6.20. The maximum Gasteiger partial charge on any atom is 0.255 e. The van der Waals surface area contributed by atoms with E-state index in [0.717, 1.165) is 46.9 Å². The number of nitrogens with one attached hydrogen (secondary N) is 1. The normalized spacial score (nSPS) is 14.3. The lowest BCUT2D eigenvalue weighted by molar-refractivity contribution is 0.241. The SMILES string of the molecule is CC(C)c1nc2c(c(=O)[nH]1)CN(Cc1ccc(-c3cccc(F)c3)nc1)CC2. The summed E-state index contributed by atoms with van der Waals surface area (Å²) in [5.41, 5.74) is 4.22. The van der Waals surface area contributed by atoms with Crippen LogP contribution in [0, 0.1) is 5.82 Å². The average Bonchev–Trinajstić information content (AvgIpc) is 2.69. The van der Waals surface area contributed by atoms with Gasteiger partial charge in [0, 0.05) is 43.7 Å². The van der Waals surface area contributed by atoms with Crippen LogP contribution in [-0.4, -0.2) is 26.4 Å². The number of pyridine rings is 1. The van der Waals surface area contributed by atoms with Gasteiger partial charge in [-0.3, -0.25) is 14.7 Å². The minimum atomic E-state index is -0.269. The molecule has 2 aromatic heterocycles. The Balaban J connectivity index is 1.48. The van der Waals surface area contributed by atoms with Gasteiger partial charge in [0.1, 0.15) is 11.6 Å². The zero-order valence-electron chi connectivity index (χ0n) is 16.1. The first-order valence-corrected chi connectivity index (χ1v) is 9.55. The topological polar surface area (TPSA) is 61.9 Å². The minimum Gasteiger partial charge on any atom is -0.310 e. The summed E-state index contributed by atoms with van der Waals surface area (Å²) in [5, 5.41) is 0. The van der Waals surface area contributed by atoms with Crippen LogP contribution in [0.4, 0.5) is 4.39 Å². The number of aromatic nitrogens is 3. The molecule has 1 N–H and O–H groups in total. The van der Waals surface area contributed by atoms with Crippen molar-refractivity contribution in [3.63, 3.8) is 0 Å². The van der Waals surface area contributed by atoms with Crippen LogP contribution in [0.5, 0.6) is 0 Å². The first kappa shape index (κ1) is 18.5. The summed E-state index contributed by atoms with van der Waals surface area (Å²) in [6, 6.07) is 10.3. The number of hydrogen-bond acceptors (Lipinski definition) is 4. The van der Waals surface area contributed by atoms with Crippen molar-refractivity contribution in [3.05, 3.63) is 81.4 Å². The fourth-order valence-corrected chi connectivity index (χ4v) is 3.50. The van der Waals surface area contributed by atoms with E-state index in [1.807, 2.05) is 38.2 Å². The Labute approximate surface area is 163 Å². The second-order valence-electron chi connectivity index (χ2n) is 7.55. The number of fused-ring (bicyclic) bond motifs is 1. The third kappa shape index (κ3) is 3.87. The summed E-state index contributed by atoms with van der Waals surface area (Å²) >= 11 is 0. The molecule has 4 rings (SSSR count). The minimum absolute atomic E-state index is 0.0297. The molecular formula is C22H23FN4O.